The maximum atomic E-state index is 17.1. The molecular weight excluding hydrogens is 1040 g/mol. The molecule has 1 spiro atoms. The molecule has 5 aliphatic rings. The number of carbonyl (C=O) groups is 4. The molecule has 13 rings (SSSR count). The van der Waals surface area contributed by atoms with Gasteiger partial charge >= 0.3 is 12.0 Å². The average Bonchev–Trinajstić information content (AvgIpc) is 1.72. The normalized spacial score (nSPS) is 22.3. The summed E-state index contributed by atoms with van der Waals surface area (Å²) < 4.78 is 25.9. The topological polar surface area (TPSA) is 181 Å². The lowest BCUT2D eigenvalue weighted by Gasteiger charge is -2.46. The molecular formula is C65H58N8O9. The van der Waals surface area contributed by atoms with Crippen molar-refractivity contribution in [1.29, 1.82) is 0 Å². The number of anilines is 1. The molecule has 0 saturated carbocycles. The lowest BCUT2D eigenvalue weighted by Crippen LogP contribution is -2.59. The summed E-state index contributed by atoms with van der Waals surface area (Å²) in [6.07, 6.45) is -0.929. The maximum absolute atomic E-state index is 17.1. The number of hydrogen-bond donors (Lipinski definition) is 2. The Balaban J connectivity index is 1.01. The van der Waals surface area contributed by atoms with Crippen molar-refractivity contribution < 1.29 is 43.2 Å². The standard InChI is InChI=1S/C65H58N8O9/c1-42(45-16-5-2-6-17-45)66-64(78)72-52-28-26-43(15-14-30-71-53-25-12-11-24-51(53)67-68-71)37-50(52)65(63(72)77)56(61(75)70-33-31-69(32-34-70)40-44-27-29-54-55(38-44)81-41-80-54)58-62(76)82-59(47-20-9-4-10-21-47)57(46-18-7-3-8-19-46)73(58)60(65)48-22-13-23-49(39-48)79-36-35-74/h2-13,16-29,37-39,42,56-60,74H,30-36,40-41H2,1H3,(H,66,78)/t42-,56-,57-,58-,59+,60+,65-/m1/s1. The Hall–Kier alpha value is -9.34. The van der Waals surface area contributed by atoms with Crippen molar-refractivity contribution in [2.24, 2.45) is 5.92 Å². The number of benzene rings is 7. The molecule has 0 bridgehead atoms. The van der Waals surface area contributed by atoms with Gasteiger partial charge < -0.3 is 34.3 Å². The number of urea groups is 1. The van der Waals surface area contributed by atoms with Crippen LogP contribution in [-0.2, 0) is 37.6 Å². The van der Waals surface area contributed by atoms with E-state index in [0.717, 1.165) is 32.6 Å². The van der Waals surface area contributed by atoms with Gasteiger partial charge in [0.05, 0.1) is 41.9 Å². The number of piperazine rings is 1. The van der Waals surface area contributed by atoms with Gasteiger partial charge in [-0.05, 0) is 94.9 Å². The van der Waals surface area contributed by atoms with Crippen LogP contribution in [0.5, 0.6) is 17.2 Å². The molecule has 3 fully saturated rings. The number of morpholine rings is 1. The Kier molecular flexibility index (Phi) is 13.9. The Bertz CT molecular complexity index is 3790. The SMILES string of the molecule is C[C@@H](NC(=O)N1C(=O)[C@@]2(c3cc(C#CCn4nnc5ccccc54)ccc31)[C@H](c1cccc(OCCO)c1)N1[C@H](c3ccccc3)[C@H](c3ccccc3)OC(=O)[C@H]1[C@@H]2C(=O)N1CCN(Cc2ccc3c(c2)OCO3)CC1)c1ccccc1. The lowest BCUT2D eigenvalue weighted by molar-refractivity contribution is -0.179. The summed E-state index contributed by atoms with van der Waals surface area (Å²) in [6.45, 7) is 3.98. The zero-order valence-corrected chi connectivity index (χ0v) is 44.9. The van der Waals surface area contributed by atoms with Gasteiger partial charge in [-0.2, -0.15) is 0 Å². The number of esters is 1. The number of cyclic esters (lactones) is 1. The fourth-order valence-corrected chi connectivity index (χ4v) is 12.8. The Morgan fingerprint density at radius 3 is 2.27 bits per heavy atom. The number of carbonyl (C=O) groups excluding carboxylic acids is 4. The van der Waals surface area contributed by atoms with Gasteiger partial charge in [0.1, 0.15) is 42.0 Å². The van der Waals surface area contributed by atoms with Gasteiger partial charge in [-0.1, -0.05) is 138 Å². The van der Waals surface area contributed by atoms with Crippen LogP contribution in [0.25, 0.3) is 11.0 Å². The third-order valence-electron chi connectivity index (χ3n) is 16.5. The molecule has 0 unspecified atom stereocenters. The molecule has 7 atom stereocenters. The van der Waals surface area contributed by atoms with Crippen molar-refractivity contribution in [3.8, 4) is 29.1 Å². The minimum absolute atomic E-state index is 0.0237. The minimum atomic E-state index is -2.04. The molecule has 8 aromatic rings. The maximum Gasteiger partial charge on any atom is 0.329 e. The first-order valence-electron chi connectivity index (χ1n) is 27.6. The molecule has 1 aromatic heterocycles. The van der Waals surface area contributed by atoms with Gasteiger partial charge in [0.15, 0.2) is 11.5 Å². The van der Waals surface area contributed by atoms with Crippen molar-refractivity contribution in [1.82, 2.24) is 35.0 Å². The van der Waals surface area contributed by atoms with E-state index in [1.54, 1.807) is 39.9 Å². The Morgan fingerprint density at radius 2 is 1.49 bits per heavy atom. The summed E-state index contributed by atoms with van der Waals surface area (Å²) in [5.74, 6) is 5.04. The van der Waals surface area contributed by atoms with Gasteiger partial charge in [-0.3, -0.25) is 24.2 Å². The van der Waals surface area contributed by atoms with E-state index in [1.165, 1.54) is 0 Å². The number of fused-ring (bicyclic) bond motifs is 5. The summed E-state index contributed by atoms with van der Waals surface area (Å²) in [4.78, 5) is 72.4. The van der Waals surface area contributed by atoms with Crippen LogP contribution in [-0.4, -0.2) is 111 Å². The molecule has 0 radical (unpaired) electrons. The van der Waals surface area contributed by atoms with Crippen LogP contribution < -0.4 is 24.4 Å². The van der Waals surface area contributed by atoms with Crippen molar-refractivity contribution in [2.45, 2.75) is 55.7 Å². The highest BCUT2D eigenvalue weighted by atomic mass is 16.7. The highest BCUT2D eigenvalue weighted by molar-refractivity contribution is 6.24. The van der Waals surface area contributed by atoms with Gasteiger partial charge in [0, 0.05) is 38.3 Å². The number of hydrogen-bond acceptors (Lipinski definition) is 13. The number of rotatable bonds is 12. The van der Waals surface area contributed by atoms with Crippen LogP contribution in [0.3, 0.4) is 0 Å². The van der Waals surface area contributed by atoms with Crippen molar-refractivity contribution >= 4 is 40.5 Å². The quantitative estimate of drug-likeness (QED) is 0.0887. The first-order chi connectivity index (χ1) is 40.2. The molecule has 82 heavy (non-hydrogen) atoms. The van der Waals surface area contributed by atoms with E-state index < -0.39 is 65.4 Å². The summed E-state index contributed by atoms with van der Waals surface area (Å²) in [5.41, 5.74) is 4.40. The van der Waals surface area contributed by atoms with E-state index >= 15 is 19.2 Å². The smallest absolute Gasteiger partial charge is 0.329 e. The van der Waals surface area contributed by atoms with E-state index in [9.17, 15) is 5.11 Å². The number of aliphatic hydroxyl groups excluding tert-OH is 1. The van der Waals surface area contributed by atoms with Crippen LogP contribution in [0, 0.1) is 17.8 Å². The molecule has 17 heteroatoms. The first kappa shape index (κ1) is 52.1. The molecule has 412 valence electrons. The minimum Gasteiger partial charge on any atom is -0.491 e. The summed E-state index contributed by atoms with van der Waals surface area (Å²) in [6, 6.07) is 50.0. The monoisotopic (exact) mass is 1090 g/mol. The highest BCUT2D eigenvalue weighted by Gasteiger charge is 2.76. The van der Waals surface area contributed by atoms with Crippen LogP contribution in [0.4, 0.5) is 10.5 Å². The molecule has 7 aromatic carbocycles. The number of imide groups is 1. The second-order valence-corrected chi connectivity index (χ2v) is 21.2. The molecule has 4 amide bonds. The largest absolute Gasteiger partial charge is 0.491 e. The fourth-order valence-electron chi connectivity index (χ4n) is 12.8. The number of aliphatic hydroxyl groups is 1. The predicted octanol–water partition coefficient (Wildman–Crippen LogP) is 8.06. The molecule has 3 saturated heterocycles. The summed E-state index contributed by atoms with van der Waals surface area (Å²) in [7, 11) is 0. The fraction of sp³-hybridized carbons (Fsp3) is 0.262. The van der Waals surface area contributed by atoms with Crippen LogP contribution in [0.15, 0.2) is 176 Å². The number of nitrogens with zero attached hydrogens (tertiary/aromatic N) is 7. The molecule has 2 N–H and O–H groups in total. The predicted molar refractivity (Wildman–Crippen MR) is 303 cm³/mol. The average molecular weight is 1100 g/mol. The second-order valence-electron chi connectivity index (χ2n) is 21.2. The van der Waals surface area contributed by atoms with Gasteiger partial charge in [0.2, 0.25) is 18.6 Å². The van der Waals surface area contributed by atoms with E-state index in [2.05, 4.69) is 32.4 Å². The third kappa shape index (κ3) is 9.24. The number of para-hydroxylation sites is 1. The Morgan fingerprint density at radius 1 is 0.768 bits per heavy atom. The number of amides is 4. The zero-order valence-electron chi connectivity index (χ0n) is 44.9. The third-order valence-corrected chi connectivity index (χ3v) is 16.5. The van der Waals surface area contributed by atoms with Crippen molar-refractivity contribution in [3.05, 3.63) is 215 Å². The molecule has 0 aliphatic carbocycles. The van der Waals surface area contributed by atoms with Gasteiger partial charge in [-0.25, -0.2) is 14.4 Å². The Labute approximate surface area is 473 Å². The highest BCUT2D eigenvalue weighted by Crippen LogP contribution is 2.66. The second kappa shape index (κ2) is 22.0. The molecule has 5 aliphatic heterocycles. The van der Waals surface area contributed by atoms with Crippen LogP contribution >= 0.6 is 0 Å². The van der Waals surface area contributed by atoms with E-state index in [0.29, 0.717) is 59.1 Å². The summed E-state index contributed by atoms with van der Waals surface area (Å²) >= 11 is 0. The number of nitrogens with one attached hydrogen (secondary N) is 1. The zero-order chi connectivity index (χ0) is 55.9. The van der Waals surface area contributed by atoms with E-state index in [4.69, 9.17) is 18.9 Å². The molecule has 17 nitrogen and oxygen atoms in total. The van der Waals surface area contributed by atoms with Crippen LogP contribution in [0.2, 0.25) is 0 Å². The first-order valence-corrected chi connectivity index (χ1v) is 27.6. The van der Waals surface area contributed by atoms with E-state index in [-0.39, 0.29) is 45.3 Å². The number of ether oxygens (including phenoxy) is 4. The van der Waals surface area contributed by atoms with Crippen molar-refractivity contribution in [3.63, 3.8) is 0 Å². The molecule has 6 heterocycles. The van der Waals surface area contributed by atoms with E-state index in [1.807, 2.05) is 157 Å². The summed E-state index contributed by atoms with van der Waals surface area (Å²) in [5, 5.41) is 21.8. The van der Waals surface area contributed by atoms with Crippen molar-refractivity contribution in [2.75, 3.05) is 51.1 Å². The van der Waals surface area contributed by atoms with Gasteiger partial charge in [-0.15, -0.1) is 5.10 Å². The number of aromatic nitrogens is 3. The van der Waals surface area contributed by atoms with Gasteiger partial charge in [0.25, 0.3) is 0 Å². The lowest BCUT2D eigenvalue weighted by atomic mass is 9.64. The van der Waals surface area contributed by atoms with Crippen LogP contribution in [0.1, 0.15) is 70.1 Å².